The maximum absolute atomic E-state index is 14.0. The highest BCUT2D eigenvalue weighted by atomic mass is 35.5. The predicted molar refractivity (Wildman–Crippen MR) is 162 cm³/mol. The van der Waals surface area contributed by atoms with Crippen molar-refractivity contribution in [1.29, 1.82) is 0 Å². The lowest BCUT2D eigenvalue weighted by Gasteiger charge is -2.33. The number of amides is 2. The van der Waals surface area contributed by atoms with Gasteiger partial charge in [0.15, 0.2) is 0 Å². The molecule has 0 unspecified atom stereocenters. The molecular weight excluding hydrogens is 650 g/mol. The van der Waals surface area contributed by atoms with Gasteiger partial charge in [-0.1, -0.05) is 59.1 Å². The minimum atomic E-state index is -4.91. The molecule has 232 valence electrons. The van der Waals surface area contributed by atoms with E-state index in [2.05, 4.69) is 5.32 Å². The normalized spacial score (nSPS) is 12.9. The van der Waals surface area contributed by atoms with Crippen LogP contribution in [0.15, 0.2) is 71.6 Å². The van der Waals surface area contributed by atoms with Crippen molar-refractivity contribution in [2.45, 2.75) is 56.9 Å². The summed E-state index contributed by atoms with van der Waals surface area (Å²) in [4.78, 5) is 28.0. The van der Waals surface area contributed by atoms with E-state index in [9.17, 15) is 31.2 Å². The molecule has 1 atom stereocenters. The van der Waals surface area contributed by atoms with Crippen molar-refractivity contribution in [1.82, 2.24) is 10.2 Å². The Morgan fingerprint density at radius 3 is 2.09 bits per heavy atom. The third-order valence-corrected chi connectivity index (χ3v) is 8.88. The van der Waals surface area contributed by atoms with Crippen LogP contribution in [0.2, 0.25) is 15.1 Å². The molecule has 3 rings (SSSR count). The lowest BCUT2D eigenvalue weighted by molar-refractivity contribution is -0.140. The Hall–Kier alpha value is -2.99. The van der Waals surface area contributed by atoms with Crippen LogP contribution in [0, 0.1) is 0 Å². The van der Waals surface area contributed by atoms with Crippen molar-refractivity contribution in [2.24, 2.45) is 0 Å². The van der Waals surface area contributed by atoms with E-state index in [1.807, 2.05) is 0 Å². The molecule has 0 saturated carbocycles. The molecule has 3 aromatic carbocycles. The van der Waals surface area contributed by atoms with E-state index in [0.29, 0.717) is 21.0 Å². The van der Waals surface area contributed by atoms with E-state index in [-0.39, 0.29) is 16.5 Å². The number of halogens is 6. The number of anilines is 1. The van der Waals surface area contributed by atoms with Crippen molar-refractivity contribution in [3.8, 4) is 0 Å². The van der Waals surface area contributed by atoms with Gasteiger partial charge < -0.3 is 10.2 Å². The maximum atomic E-state index is 14.0. The number of nitrogens with zero attached hydrogens (tertiary/aromatic N) is 2. The standard InChI is InChI=1S/C29H29Cl3F3N3O4S/c1-18(27(40)36-28(2,3)4)37(16-19-10-11-20(30)14-25(19)32)26(39)17-38(43(41,42)22-8-6-5-7-9-22)21-12-13-24(31)23(15-21)29(33,34)35/h5-15,18H,16-17H2,1-4H3,(H,36,40)/t18-/m1/s1. The average Bonchev–Trinajstić information content (AvgIpc) is 2.90. The second kappa shape index (κ2) is 13.3. The fourth-order valence-corrected chi connectivity index (χ4v) is 6.14. The summed E-state index contributed by atoms with van der Waals surface area (Å²) in [6, 6.07) is 12.8. The highest BCUT2D eigenvalue weighted by molar-refractivity contribution is 7.92. The van der Waals surface area contributed by atoms with Crippen LogP contribution in [0.5, 0.6) is 0 Å². The molecule has 0 radical (unpaired) electrons. The van der Waals surface area contributed by atoms with Crippen molar-refractivity contribution in [3.05, 3.63) is 92.9 Å². The molecule has 0 aliphatic carbocycles. The van der Waals surface area contributed by atoms with Crippen LogP contribution in [-0.2, 0) is 32.3 Å². The highest BCUT2D eigenvalue weighted by Crippen LogP contribution is 2.38. The second-order valence-electron chi connectivity index (χ2n) is 10.7. The van der Waals surface area contributed by atoms with Crippen molar-refractivity contribution < 1.29 is 31.2 Å². The molecule has 0 spiro atoms. The summed E-state index contributed by atoms with van der Waals surface area (Å²) < 4.78 is 69.4. The zero-order valence-electron chi connectivity index (χ0n) is 23.5. The molecule has 7 nitrogen and oxygen atoms in total. The maximum Gasteiger partial charge on any atom is 0.417 e. The number of sulfonamides is 1. The third kappa shape index (κ3) is 8.78. The molecule has 14 heteroatoms. The Morgan fingerprint density at radius 2 is 1.53 bits per heavy atom. The Labute approximate surface area is 263 Å². The van der Waals surface area contributed by atoms with Gasteiger partial charge in [-0.05, 0) is 75.7 Å². The largest absolute Gasteiger partial charge is 0.417 e. The van der Waals surface area contributed by atoms with E-state index in [0.717, 1.165) is 17.0 Å². The first kappa shape index (κ1) is 34.5. The number of hydrogen-bond donors (Lipinski definition) is 1. The lowest BCUT2D eigenvalue weighted by Crippen LogP contribution is -2.54. The van der Waals surface area contributed by atoms with Gasteiger partial charge in [0.2, 0.25) is 11.8 Å². The monoisotopic (exact) mass is 677 g/mol. The average molecular weight is 679 g/mol. The Morgan fingerprint density at radius 1 is 0.907 bits per heavy atom. The Balaban J connectivity index is 2.14. The zero-order chi connectivity index (χ0) is 32.3. The topological polar surface area (TPSA) is 86.8 Å². The predicted octanol–water partition coefficient (Wildman–Crippen LogP) is 7.19. The molecule has 0 aliphatic heterocycles. The lowest BCUT2D eigenvalue weighted by atomic mass is 10.1. The number of rotatable bonds is 9. The summed E-state index contributed by atoms with van der Waals surface area (Å²) >= 11 is 18.1. The fraction of sp³-hybridized carbons (Fsp3) is 0.310. The summed E-state index contributed by atoms with van der Waals surface area (Å²) in [5, 5.41) is 2.65. The Kier molecular flexibility index (Phi) is 10.7. The van der Waals surface area contributed by atoms with Crippen LogP contribution in [0.4, 0.5) is 18.9 Å². The van der Waals surface area contributed by atoms with E-state index >= 15 is 0 Å². The first-order valence-electron chi connectivity index (χ1n) is 12.8. The molecule has 3 aromatic rings. The molecular formula is C29H29Cl3F3N3O4S. The SMILES string of the molecule is C[C@H](C(=O)NC(C)(C)C)N(Cc1ccc(Cl)cc1Cl)C(=O)CN(c1ccc(Cl)c(C(F)(F)F)c1)S(=O)(=O)c1ccccc1. The van der Waals surface area contributed by atoms with Crippen molar-refractivity contribution >= 4 is 62.3 Å². The van der Waals surface area contributed by atoms with Crippen LogP contribution in [0.3, 0.4) is 0 Å². The van der Waals surface area contributed by atoms with Gasteiger partial charge in [-0.3, -0.25) is 13.9 Å². The molecule has 0 aromatic heterocycles. The Bertz CT molecular complexity index is 1600. The quantitative estimate of drug-likeness (QED) is 0.260. The summed E-state index contributed by atoms with van der Waals surface area (Å²) in [6.45, 7) is 5.49. The van der Waals surface area contributed by atoms with Gasteiger partial charge in [-0.2, -0.15) is 13.2 Å². The number of hydrogen-bond acceptors (Lipinski definition) is 4. The summed E-state index contributed by atoms with van der Waals surface area (Å²) in [6.07, 6.45) is -4.91. The molecule has 2 amide bonds. The second-order valence-corrected chi connectivity index (χ2v) is 13.8. The molecule has 0 heterocycles. The number of nitrogens with one attached hydrogen (secondary N) is 1. The van der Waals surface area contributed by atoms with Gasteiger partial charge >= 0.3 is 6.18 Å². The molecule has 0 aliphatic rings. The van der Waals surface area contributed by atoms with Crippen LogP contribution >= 0.6 is 34.8 Å². The third-order valence-electron chi connectivity index (χ3n) is 6.17. The fourth-order valence-electron chi connectivity index (χ4n) is 4.02. The van der Waals surface area contributed by atoms with Crippen LogP contribution in [-0.4, -0.2) is 43.3 Å². The summed E-state index contributed by atoms with van der Waals surface area (Å²) in [5.41, 5.74) is -2.00. The molecule has 0 saturated heterocycles. The van der Waals surface area contributed by atoms with Gasteiger partial charge in [-0.25, -0.2) is 8.42 Å². The molecule has 1 N–H and O–H groups in total. The van der Waals surface area contributed by atoms with E-state index in [1.54, 1.807) is 32.9 Å². The van der Waals surface area contributed by atoms with Gasteiger partial charge in [0, 0.05) is 22.1 Å². The van der Waals surface area contributed by atoms with Crippen molar-refractivity contribution in [2.75, 3.05) is 10.8 Å². The minimum Gasteiger partial charge on any atom is -0.350 e. The molecule has 43 heavy (non-hydrogen) atoms. The first-order chi connectivity index (χ1) is 19.8. The van der Waals surface area contributed by atoms with Crippen molar-refractivity contribution in [3.63, 3.8) is 0 Å². The summed E-state index contributed by atoms with van der Waals surface area (Å²) in [7, 11) is -4.59. The number of carbonyl (C=O) groups excluding carboxylic acids is 2. The van der Waals surface area contributed by atoms with Gasteiger partial charge in [0.25, 0.3) is 10.0 Å². The zero-order valence-corrected chi connectivity index (χ0v) is 26.6. The van der Waals surface area contributed by atoms with Crippen LogP contribution < -0.4 is 9.62 Å². The first-order valence-corrected chi connectivity index (χ1v) is 15.4. The van der Waals surface area contributed by atoms with E-state index < -0.39 is 62.4 Å². The minimum absolute atomic E-state index is 0.190. The molecule has 0 bridgehead atoms. The number of benzene rings is 3. The van der Waals surface area contributed by atoms with Gasteiger partial charge in [0.1, 0.15) is 12.6 Å². The summed E-state index contributed by atoms with van der Waals surface area (Å²) in [5.74, 6) is -1.43. The van der Waals surface area contributed by atoms with Crippen LogP contribution in [0.1, 0.15) is 38.8 Å². The number of alkyl halides is 3. The van der Waals surface area contributed by atoms with Gasteiger partial charge in [-0.15, -0.1) is 0 Å². The number of carbonyl (C=O) groups is 2. The van der Waals surface area contributed by atoms with Crippen LogP contribution in [0.25, 0.3) is 0 Å². The van der Waals surface area contributed by atoms with Gasteiger partial charge in [0.05, 0.1) is 21.2 Å². The smallest absolute Gasteiger partial charge is 0.350 e. The highest BCUT2D eigenvalue weighted by Gasteiger charge is 2.37. The molecule has 0 fully saturated rings. The van der Waals surface area contributed by atoms with E-state index in [4.69, 9.17) is 34.8 Å². The van der Waals surface area contributed by atoms with E-state index in [1.165, 1.54) is 43.3 Å².